The molecule has 0 aliphatic heterocycles. The van der Waals surface area contributed by atoms with Crippen LogP contribution in [0.15, 0.2) is 12.5 Å². The molecule has 0 radical (unpaired) electrons. The first-order valence-electron chi connectivity index (χ1n) is 4.23. The summed E-state index contributed by atoms with van der Waals surface area (Å²) in [7, 11) is 1.65. The van der Waals surface area contributed by atoms with Gasteiger partial charge in [0.2, 0.25) is 0 Å². The summed E-state index contributed by atoms with van der Waals surface area (Å²) < 4.78 is 2.84. The molecule has 0 saturated heterocycles. The van der Waals surface area contributed by atoms with Gasteiger partial charge in [-0.3, -0.25) is 4.68 Å². The van der Waals surface area contributed by atoms with Crippen molar-refractivity contribution in [3.8, 4) is 5.82 Å². The third-order valence-corrected chi connectivity index (χ3v) is 1.96. The molecule has 0 atom stereocenters. The van der Waals surface area contributed by atoms with Crippen LogP contribution in [0.3, 0.4) is 0 Å². The van der Waals surface area contributed by atoms with Crippen molar-refractivity contribution in [1.29, 1.82) is 0 Å². The Morgan fingerprint density at radius 2 is 2.27 bits per heavy atom. The largest absolute Gasteiger partial charge is 0.477 e. The summed E-state index contributed by atoms with van der Waals surface area (Å²) in [6.07, 6.45) is 2.74. The number of carboxylic acids is 1. The van der Waals surface area contributed by atoms with Gasteiger partial charge >= 0.3 is 5.97 Å². The Hall–Kier alpha value is -2.18. The maximum absolute atomic E-state index is 10.9. The second kappa shape index (κ2) is 3.19. The number of carboxylic acid groups (broad SMARTS) is 1. The molecule has 2 rings (SSSR count). The zero-order valence-electron chi connectivity index (χ0n) is 8.25. The molecule has 0 unspecified atom stereocenters. The number of rotatable bonds is 2. The molecular formula is C8H9N5O2. The van der Waals surface area contributed by atoms with Crippen molar-refractivity contribution < 1.29 is 9.90 Å². The van der Waals surface area contributed by atoms with Gasteiger partial charge < -0.3 is 5.11 Å². The van der Waals surface area contributed by atoms with E-state index >= 15 is 0 Å². The Kier molecular flexibility index (Phi) is 2.00. The van der Waals surface area contributed by atoms with Crippen molar-refractivity contribution in [3.63, 3.8) is 0 Å². The van der Waals surface area contributed by atoms with E-state index in [1.165, 1.54) is 21.9 Å². The van der Waals surface area contributed by atoms with Crippen LogP contribution >= 0.6 is 0 Å². The average molecular weight is 207 g/mol. The molecule has 15 heavy (non-hydrogen) atoms. The second-order valence-corrected chi connectivity index (χ2v) is 3.05. The highest BCUT2D eigenvalue weighted by molar-refractivity contribution is 5.90. The second-order valence-electron chi connectivity index (χ2n) is 3.05. The minimum Gasteiger partial charge on any atom is -0.477 e. The summed E-state index contributed by atoms with van der Waals surface area (Å²) in [5.41, 5.74) is 0.0994. The van der Waals surface area contributed by atoms with Crippen LogP contribution in [0, 0.1) is 6.92 Å². The van der Waals surface area contributed by atoms with Gasteiger partial charge in [0.1, 0.15) is 17.7 Å². The number of carbonyl (C=O) groups is 1. The van der Waals surface area contributed by atoms with Gasteiger partial charge in [-0.15, -0.1) is 0 Å². The lowest BCUT2D eigenvalue weighted by molar-refractivity contribution is 0.0696. The fraction of sp³-hybridized carbons (Fsp3) is 0.250. The molecule has 7 nitrogen and oxygen atoms in total. The van der Waals surface area contributed by atoms with Crippen molar-refractivity contribution in [2.45, 2.75) is 6.92 Å². The molecule has 0 saturated carbocycles. The Balaban J connectivity index is 2.60. The van der Waals surface area contributed by atoms with E-state index in [0.717, 1.165) is 0 Å². The molecule has 7 heteroatoms. The third-order valence-electron chi connectivity index (χ3n) is 1.96. The van der Waals surface area contributed by atoms with Crippen molar-refractivity contribution in [2.75, 3.05) is 0 Å². The van der Waals surface area contributed by atoms with Crippen molar-refractivity contribution in [2.24, 2.45) is 7.05 Å². The van der Waals surface area contributed by atoms with E-state index in [4.69, 9.17) is 5.11 Å². The van der Waals surface area contributed by atoms with Gasteiger partial charge in [0, 0.05) is 7.05 Å². The summed E-state index contributed by atoms with van der Waals surface area (Å²) in [5.74, 6) is -0.0677. The monoisotopic (exact) mass is 207 g/mol. The summed E-state index contributed by atoms with van der Waals surface area (Å²) in [4.78, 5) is 14.8. The summed E-state index contributed by atoms with van der Waals surface area (Å²) in [6.45, 7) is 1.73. The first-order valence-corrected chi connectivity index (χ1v) is 4.23. The standard InChI is InChI=1S/C8H9N5O2/c1-5-9-4-13(11-5)7-6(8(14)15)3-10-12(7)2/h3-4H,1-2H3,(H,14,15). The number of aromatic nitrogens is 5. The Bertz CT molecular complexity index is 513. The van der Waals surface area contributed by atoms with Gasteiger partial charge in [-0.25, -0.2) is 14.5 Å². The zero-order valence-corrected chi connectivity index (χ0v) is 8.25. The van der Waals surface area contributed by atoms with E-state index in [1.807, 2.05) is 0 Å². The molecule has 2 heterocycles. The summed E-state index contributed by atoms with van der Waals surface area (Å²) in [6, 6.07) is 0. The van der Waals surface area contributed by atoms with Crippen molar-refractivity contribution in [1.82, 2.24) is 24.5 Å². The first kappa shape index (κ1) is 9.38. The number of hydrogen-bond donors (Lipinski definition) is 1. The van der Waals surface area contributed by atoms with Crippen molar-refractivity contribution in [3.05, 3.63) is 23.9 Å². The smallest absolute Gasteiger partial charge is 0.341 e. The molecule has 2 aromatic heterocycles. The van der Waals surface area contributed by atoms with Crippen LogP contribution in [0.2, 0.25) is 0 Å². The SMILES string of the molecule is Cc1ncn(-c2c(C(=O)O)cnn2C)n1. The fourth-order valence-electron chi connectivity index (χ4n) is 1.30. The fourth-order valence-corrected chi connectivity index (χ4v) is 1.30. The summed E-state index contributed by atoms with van der Waals surface area (Å²) in [5, 5.41) is 16.8. The molecule has 0 amide bonds. The average Bonchev–Trinajstić information content (AvgIpc) is 2.71. The van der Waals surface area contributed by atoms with Gasteiger partial charge in [-0.05, 0) is 6.92 Å². The van der Waals surface area contributed by atoms with E-state index in [2.05, 4.69) is 15.2 Å². The number of nitrogens with zero attached hydrogens (tertiary/aromatic N) is 5. The topological polar surface area (TPSA) is 85.8 Å². The van der Waals surface area contributed by atoms with Crippen molar-refractivity contribution >= 4 is 5.97 Å². The van der Waals surface area contributed by atoms with Gasteiger partial charge in [-0.1, -0.05) is 0 Å². The highest BCUT2D eigenvalue weighted by atomic mass is 16.4. The predicted octanol–water partition coefficient (Wildman–Crippen LogP) is 0.00742. The van der Waals surface area contributed by atoms with Crippen LogP contribution in [0.25, 0.3) is 5.82 Å². The predicted molar refractivity (Wildman–Crippen MR) is 49.8 cm³/mol. The number of hydrogen-bond acceptors (Lipinski definition) is 4. The number of aryl methyl sites for hydroxylation is 2. The molecule has 1 N–H and O–H groups in total. The van der Waals surface area contributed by atoms with Crippen LogP contribution in [0.4, 0.5) is 0 Å². The molecular weight excluding hydrogens is 198 g/mol. The Morgan fingerprint density at radius 3 is 2.80 bits per heavy atom. The minimum absolute atomic E-state index is 0.0994. The molecule has 0 aromatic carbocycles. The van der Waals surface area contributed by atoms with Crippen LogP contribution in [0.1, 0.15) is 16.2 Å². The van der Waals surface area contributed by atoms with E-state index in [9.17, 15) is 4.79 Å². The lowest BCUT2D eigenvalue weighted by atomic mass is 10.3. The Labute approximate surface area is 85.0 Å². The third kappa shape index (κ3) is 1.47. The van der Waals surface area contributed by atoms with E-state index in [1.54, 1.807) is 14.0 Å². The maximum Gasteiger partial charge on any atom is 0.341 e. The van der Waals surface area contributed by atoms with Gasteiger partial charge in [0.25, 0.3) is 0 Å². The number of aromatic carboxylic acids is 1. The van der Waals surface area contributed by atoms with Crippen LogP contribution in [-0.4, -0.2) is 35.6 Å². The normalized spacial score (nSPS) is 10.5. The maximum atomic E-state index is 10.9. The molecule has 78 valence electrons. The van der Waals surface area contributed by atoms with Crippen LogP contribution < -0.4 is 0 Å². The van der Waals surface area contributed by atoms with Crippen LogP contribution in [0.5, 0.6) is 0 Å². The zero-order chi connectivity index (χ0) is 11.0. The molecule has 0 spiro atoms. The molecule has 2 aromatic rings. The molecule has 0 fully saturated rings. The molecule has 0 aliphatic carbocycles. The highest BCUT2D eigenvalue weighted by Gasteiger charge is 2.17. The quantitative estimate of drug-likeness (QED) is 0.749. The summed E-state index contributed by atoms with van der Waals surface area (Å²) >= 11 is 0. The first-order chi connectivity index (χ1) is 7.09. The van der Waals surface area contributed by atoms with Gasteiger partial charge in [0.15, 0.2) is 5.82 Å². The van der Waals surface area contributed by atoms with E-state index < -0.39 is 5.97 Å². The molecule has 0 bridgehead atoms. The van der Waals surface area contributed by atoms with Crippen LogP contribution in [-0.2, 0) is 7.05 Å². The highest BCUT2D eigenvalue weighted by Crippen LogP contribution is 2.11. The Morgan fingerprint density at radius 1 is 1.53 bits per heavy atom. The minimum atomic E-state index is -1.04. The van der Waals surface area contributed by atoms with E-state index in [-0.39, 0.29) is 5.56 Å². The lowest BCUT2D eigenvalue weighted by Gasteiger charge is -2.01. The van der Waals surface area contributed by atoms with Gasteiger partial charge in [-0.2, -0.15) is 10.2 Å². The molecule has 0 aliphatic rings. The van der Waals surface area contributed by atoms with E-state index in [0.29, 0.717) is 11.6 Å². The lowest BCUT2D eigenvalue weighted by Crippen LogP contribution is -2.08. The van der Waals surface area contributed by atoms with Gasteiger partial charge in [0.05, 0.1) is 6.20 Å².